The summed E-state index contributed by atoms with van der Waals surface area (Å²) in [7, 11) is 0. The minimum atomic E-state index is -1.11. The van der Waals surface area contributed by atoms with Gasteiger partial charge >= 0.3 is 5.97 Å². The zero-order valence-corrected chi connectivity index (χ0v) is 9.93. The molecule has 0 radical (unpaired) electrons. The molecular weight excluding hydrogens is 233 g/mol. The Morgan fingerprint density at radius 1 is 1.28 bits per heavy atom. The molecule has 94 valence electrons. The average Bonchev–Trinajstić information content (AvgIpc) is 2.39. The first-order valence-corrected chi connectivity index (χ1v) is 5.34. The van der Waals surface area contributed by atoms with Gasteiger partial charge in [-0.2, -0.15) is 0 Å². The van der Waals surface area contributed by atoms with E-state index in [-0.39, 0.29) is 11.3 Å². The number of rotatable bonds is 4. The number of hydrogen-bond donors (Lipinski definition) is 2. The maximum atomic E-state index is 13.7. The molecular formula is C14H14FNO2. The first-order chi connectivity index (χ1) is 8.56. The molecule has 0 saturated carbocycles. The fourth-order valence-electron chi connectivity index (χ4n) is 1.30. The number of carbonyl (C=O) groups is 1. The number of hydrogen-bond acceptors (Lipinski definition) is 2. The number of nitrogens with two attached hydrogens (primary N) is 1. The van der Waals surface area contributed by atoms with E-state index in [2.05, 4.69) is 0 Å². The standard InChI is InChI=1S/C14H14FNO2/c1-2-10(14(17)18)8-9-12(15)13(16)11-6-4-3-5-7-11/h2-9H,16H2,1H3,(H,17,18)/b9-8-,10-2+,13-12+. The van der Waals surface area contributed by atoms with Crippen molar-refractivity contribution in [1.82, 2.24) is 0 Å². The zero-order chi connectivity index (χ0) is 13.5. The molecule has 0 aliphatic rings. The van der Waals surface area contributed by atoms with E-state index >= 15 is 0 Å². The number of carboxylic acids is 1. The quantitative estimate of drug-likeness (QED) is 0.635. The molecule has 0 saturated heterocycles. The molecule has 1 rings (SSSR count). The average molecular weight is 247 g/mol. The molecule has 0 atom stereocenters. The van der Waals surface area contributed by atoms with Crippen LogP contribution in [0.15, 0.2) is 60.0 Å². The topological polar surface area (TPSA) is 63.3 Å². The Balaban J connectivity index is 2.97. The van der Waals surface area contributed by atoms with Crippen molar-refractivity contribution in [2.24, 2.45) is 5.73 Å². The minimum Gasteiger partial charge on any atom is -0.478 e. The van der Waals surface area contributed by atoms with Crippen molar-refractivity contribution in [2.75, 3.05) is 0 Å². The molecule has 4 heteroatoms. The van der Waals surface area contributed by atoms with Crippen molar-refractivity contribution < 1.29 is 14.3 Å². The van der Waals surface area contributed by atoms with Crippen LogP contribution in [0.2, 0.25) is 0 Å². The lowest BCUT2D eigenvalue weighted by atomic mass is 10.1. The molecule has 1 aromatic rings. The van der Waals surface area contributed by atoms with Gasteiger partial charge in [-0.15, -0.1) is 0 Å². The Labute approximate surface area is 105 Å². The molecule has 0 aliphatic heterocycles. The van der Waals surface area contributed by atoms with E-state index < -0.39 is 11.8 Å². The SMILES string of the molecule is C\C=C(/C=C\C(F)=C(/N)c1ccccc1)C(=O)O. The number of carboxylic acid groups (broad SMARTS) is 1. The van der Waals surface area contributed by atoms with Gasteiger partial charge < -0.3 is 10.8 Å². The molecule has 18 heavy (non-hydrogen) atoms. The third-order valence-corrected chi connectivity index (χ3v) is 2.31. The number of aliphatic carboxylic acids is 1. The van der Waals surface area contributed by atoms with Crippen LogP contribution in [0, 0.1) is 0 Å². The summed E-state index contributed by atoms with van der Waals surface area (Å²) in [5, 5.41) is 8.75. The van der Waals surface area contributed by atoms with E-state index in [1.54, 1.807) is 37.3 Å². The second-order valence-corrected chi connectivity index (χ2v) is 3.51. The van der Waals surface area contributed by atoms with Crippen LogP contribution in [0.25, 0.3) is 5.70 Å². The molecule has 0 unspecified atom stereocenters. The molecule has 3 nitrogen and oxygen atoms in total. The smallest absolute Gasteiger partial charge is 0.335 e. The Hall–Kier alpha value is -2.36. The Bertz CT molecular complexity index is 516. The van der Waals surface area contributed by atoms with Crippen LogP contribution in [0.5, 0.6) is 0 Å². The van der Waals surface area contributed by atoms with Crippen LogP contribution in [-0.4, -0.2) is 11.1 Å². The largest absolute Gasteiger partial charge is 0.478 e. The Kier molecular flexibility index (Phi) is 4.87. The van der Waals surface area contributed by atoms with Crippen molar-refractivity contribution in [1.29, 1.82) is 0 Å². The first-order valence-electron chi connectivity index (χ1n) is 5.34. The summed E-state index contributed by atoms with van der Waals surface area (Å²) >= 11 is 0. The summed E-state index contributed by atoms with van der Waals surface area (Å²) < 4.78 is 13.7. The van der Waals surface area contributed by atoms with E-state index in [4.69, 9.17) is 10.8 Å². The highest BCUT2D eigenvalue weighted by molar-refractivity contribution is 5.89. The van der Waals surface area contributed by atoms with E-state index in [1.807, 2.05) is 0 Å². The maximum Gasteiger partial charge on any atom is 0.335 e. The van der Waals surface area contributed by atoms with Gasteiger partial charge in [-0.3, -0.25) is 0 Å². The minimum absolute atomic E-state index is 0.00557. The fourth-order valence-corrected chi connectivity index (χ4v) is 1.30. The third kappa shape index (κ3) is 3.59. The van der Waals surface area contributed by atoms with Crippen molar-refractivity contribution >= 4 is 11.7 Å². The van der Waals surface area contributed by atoms with Crippen molar-refractivity contribution in [2.45, 2.75) is 6.92 Å². The highest BCUT2D eigenvalue weighted by Crippen LogP contribution is 2.15. The summed E-state index contributed by atoms with van der Waals surface area (Å²) in [4.78, 5) is 10.7. The lowest BCUT2D eigenvalue weighted by molar-refractivity contribution is -0.132. The van der Waals surface area contributed by atoms with E-state index in [0.717, 1.165) is 6.08 Å². The predicted molar refractivity (Wildman–Crippen MR) is 69.2 cm³/mol. The predicted octanol–water partition coefficient (Wildman–Crippen LogP) is 2.87. The summed E-state index contributed by atoms with van der Waals surface area (Å²) in [6.45, 7) is 1.57. The van der Waals surface area contributed by atoms with Gasteiger partial charge in [0.25, 0.3) is 0 Å². The Morgan fingerprint density at radius 3 is 2.39 bits per heavy atom. The van der Waals surface area contributed by atoms with Crippen molar-refractivity contribution in [3.05, 3.63) is 65.5 Å². The first kappa shape index (κ1) is 13.7. The van der Waals surface area contributed by atoms with Crippen molar-refractivity contribution in [3.8, 4) is 0 Å². The number of benzene rings is 1. The normalized spacial score (nSPS) is 13.6. The highest BCUT2D eigenvalue weighted by atomic mass is 19.1. The molecule has 1 aromatic carbocycles. The van der Waals surface area contributed by atoms with Crippen LogP contribution in [0.3, 0.4) is 0 Å². The van der Waals surface area contributed by atoms with Crippen LogP contribution in [0.4, 0.5) is 4.39 Å². The van der Waals surface area contributed by atoms with Crippen molar-refractivity contribution in [3.63, 3.8) is 0 Å². The molecule has 0 bridgehead atoms. The molecule has 0 amide bonds. The van der Waals surface area contributed by atoms with E-state index in [9.17, 15) is 9.18 Å². The van der Waals surface area contributed by atoms with E-state index in [0.29, 0.717) is 5.56 Å². The van der Waals surface area contributed by atoms with Crippen LogP contribution in [-0.2, 0) is 4.79 Å². The van der Waals surface area contributed by atoms with Crippen LogP contribution >= 0.6 is 0 Å². The molecule has 3 N–H and O–H groups in total. The molecule has 0 spiro atoms. The van der Waals surface area contributed by atoms with Gasteiger partial charge in [0.2, 0.25) is 0 Å². The summed E-state index contributed by atoms with van der Waals surface area (Å²) in [6.07, 6.45) is 3.60. The highest BCUT2D eigenvalue weighted by Gasteiger charge is 2.04. The molecule has 0 heterocycles. The van der Waals surface area contributed by atoms with Gasteiger partial charge in [0.1, 0.15) is 5.83 Å². The van der Waals surface area contributed by atoms with E-state index in [1.165, 1.54) is 12.2 Å². The molecule has 0 fully saturated rings. The number of allylic oxidation sites excluding steroid dienone is 3. The number of halogens is 1. The summed E-state index contributed by atoms with van der Waals surface area (Å²) in [6, 6.07) is 8.64. The molecule has 0 aromatic heterocycles. The van der Waals surface area contributed by atoms with Gasteiger partial charge in [0.15, 0.2) is 0 Å². The maximum absolute atomic E-state index is 13.7. The van der Waals surface area contributed by atoms with Gasteiger partial charge in [-0.25, -0.2) is 9.18 Å². The zero-order valence-electron chi connectivity index (χ0n) is 9.93. The van der Waals surface area contributed by atoms with Crippen LogP contribution < -0.4 is 5.73 Å². The van der Waals surface area contributed by atoms with Gasteiger partial charge in [-0.05, 0) is 19.1 Å². The Morgan fingerprint density at radius 2 is 1.89 bits per heavy atom. The lowest BCUT2D eigenvalue weighted by Gasteiger charge is -2.01. The molecule has 0 aliphatic carbocycles. The fraction of sp³-hybridized carbons (Fsp3) is 0.0714. The summed E-state index contributed by atoms with van der Waals surface area (Å²) in [5.74, 6) is -1.78. The monoisotopic (exact) mass is 247 g/mol. The van der Waals surface area contributed by atoms with Gasteiger partial charge in [-0.1, -0.05) is 36.4 Å². The third-order valence-electron chi connectivity index (χ3n) is 2.31. The second kappa shape index (κ2) is 6.39. The summed E-state index contributed by atoms with van der Waals surface area (Å²) in [5.41, 5.74) is 6.17. The van der Waals surface area contributed by atoms with Gasteiger partial charge in [0, 0.05) is 5.56 Å². The lowest BCUT2D eigenvalue weighted by Crippen LogP contribution is -1.99. The van der Waals surface area contributed by atoms with Gasteiger partial charge in [0.05, 0.1) is 11.3 Å². The second-order valence-electron chi connectivity index (χ2n) is 3.51. The van der Waals surface area contributed by atoms with Crippen LogP contribution in [0.1, 0.15) is 12.5 Å².